The number of benzene rings is 2. The van der Waals surface area contributed by atoms with Gasteiger partial charge in [0.05, 0.1) is 53.6 Å². The zero-order valence-electron chi connectivity index (χ0n) is 22.9. The minimum Gasteiger partial charge on any atom is -0.395 e. The number of aliphatic hydroxyl groups is 1. The molecule has 2 aliphatic heterocycles. The van der Waals surface area contributed by atoms with Crippen LogP contribution in [-0.2, 0) is 23.6 Å². The number of piperidine rings is 1. The molecule has 1 aliphatic carbocycles. The van der Waals surface area contributed by atoms with E-state index in [0.717, 1.165) is 36.8 Å². The lowest BCUT2D eigenvalue weighted by atomic mass is 9.93. The minimum atomic E-state index is -3.73. The van der Waals surface area contributed by atoms with Crippen molar-refractivity contribution in [2.24, 2.45) is 12.5 Å². The van der Waals surface area contributed by atoms with Gasteiger partial charge in [0, 0.05) is 37.8 Å². The summed E-state index contributed by atoms with van der Waals surface area (Å²) in [6.07, 6.45) is 4.51. The molecule has 6 rings (SSSR count). The fourth-order valence-corrected chi connectivity index (χ4v) is 6.79. The molecule has 220 valence electrons. The molecule has 3 N–H and O–H groups in total. The van der Waals surface area contributed by atoms with Crippen LogP contribution in [0.5, 0.6) is 0 Å². The second-order valence-corrected chi connectivity index (χ2v) is 13.5. The van der Waals surface area contributed by atoms with Gasteiger partial charge in [0.2, 0.25) is 10.0 Å². The molecule has 1 amide bonds. The van der Waals surface area contributed by atoms with E-state index in [4.69, 9.17) is 5.11 Å². The van der Waals surface area contributed by atoms with Crippen LogP contribution in [0, 0.1) is 5.41 Å². The number of carbonyl (C=O) groups is 1. The van der Waals surface area contributed by atoms with Crippen LogP contribution >= 0.6 is 0 Å². The Morgan fingerprint density at radius 2 is 1.76 bits per heavy atom. The van der Waals surface area contributed by atoms with Gasteiger partial charge in [-0.05, 0) is 67.5 Å². The summed E-state index contributed by atoms with van der Waals surface area (Å²) in [5.74, 6) is -3.43. The Morgan fingerprint density at radius 1 is 1.05 bits per heavy atom. The summed E-state index contributed by atoms with van der Waals surface area (Å²) in [6, 6.07) is 10.3. The second kappa shape index (κ2) is 10.2. The van der Waals surface area contributed by atoms with Crippen LogP contribution < -0.4 is 14.9 Å². The summed E-state index contributed by atoms with van der Waals surface area (Å²) in [7, 11) is -1.94. The lowest BCUT2D eigenvalue weighted by Gasteiger charge is -2.38. The first kappa shape index (κ1) is 27.9. The molecule has 2 aromatic carbocycles. The number of nitrogens with one attached hydrogen (secondary N) is 2. The topological polar surface area (TPSA) is 120 Å². The number of likely N-dealkylation sites (tertiary alicyclic amines) is 1. The van der Waals surface area contributed by atoms with Crippen molar-refractivity contribution in [2.45, 2.75) is 38.2 Å². The van der Waals surface area contributed by atoms with Crippen molar-refractivity contribution in [3.63, 3.8) is 0 Å². The molecule has 3 aromatic rings. The van der Waals surface area contributed by atoms with E-state index in [1.165, 1.54) is 12.8 Å². The van der Waals surface area contributed by atoms with E-state index in [0.29, 0.717) is 40.3 Å². The van der Waals surface area contributed by atoms with Gasteiger partial charge in [-0.3, -0.25) is 19.1 Å². The summed E-state index contributed by atoms with van der Waals surface area (Å²) in [6.45, 7) is 0.742. The van der Waals surface area contributed by atoms with Gasteiger partial charge in [0.25, 0.3) is 11.8 Å². The first-order chi connectivity index (χ1) is 19.4. The number of aryl methyl sites for hydroxylation is 1. The highest BCUT2D eigenvalue weighted by Gasteiger charge is 2.45. The number of nitrogens with zero attached hydrogens (tertiary/aromatic N) is 4. The van der Waals surface area contributed by atoms with Gasteiger partial charge in [-0.1, -0.05) is 0 Å². The molecule has 10 nitrogen and oxygen atoms in total. The van der Waals surface area contributed by atoms with Gasteiger partial charge in [-0.2, -0.15) is 5.10 Å². The molecule has 0 atom stereocenters. The van der Waals surface area contributed by atoms with Crippen LogP contribution in [0.15, 0.2) is 36.4 Å². The predicted molar refractivity (Wildman–Crippen MR) is 153 cm³/mol. The fourth-order valence-electron chi connectivity index (χ4n) is 5.96. The number of alkyl halides is 2. The third kappa shape index (κ3) is 5.88. The zero-order valence-corrected chi connectivity index (χ0v) is 23.7. The molecule has 3 heterocycles. The van der Waals surface area contributed by atoms with Gasteiger partial charge >= 0.3 is 0 Å². The number of anilines is 3. The van der Waals surface area contributed by atoms with Gasteiger partial charge < -0.3 is 15.3 Å². The third-order valence-electron chi connectivity index (χ3n) is 8.47. The van der Waals surface area contributed by atoms with Crippen molar-refractivity contribution >= 4 is 43.9 Å². The number of rotatable bonds is 9. The van der Waals surface area contributed by atoms with Crippen LogP contribution in [0.1, 0.15) is 41.7 Å². The summed E-state index contributed by atoms with van der Waals surface area (Å²) in [5.41, 5.74) is 3.83. The molecular weight excluding hydrogens is 554 g/mol. The van der Waals surface area contributed by atoms with Crippen molar-refractivity contribution in [2.75, 3.05) is 53.5 Å². The average molecular weight is 589 g/mol. The van der Waals surface area contributed by atoms with Crippen molar-refractivity contribution in [1.82, 2.24) is 14.7 Å². The van der Waals surface area contributed by atoms with E-state index >= 15 is 0 Å². The average Bonchev–Trinajstić information content (AvgIpc) is 3.58. The van der Waals surface area contributed by atoms with Crippen LogP contribution in [0.3, 0.4) is 0 Å². The maximum Gasteiger partial charge on any atom is 0.272 e. The van der Waals surface area contributed by atoms with E-state index in [2.05, 4.69) is 20.0 Å². The monoisotopic (exact) mass is 588 g/mol. The highest BCUT2D eigenvalue weighted by molar-refractivity contribution is 7.92. The zero-order chi connectivity index (χ0) is 29.0. The van der Waals surface area contributed by atoms with Crippen LogP contribution in [-0.4, -0.2) is 78.6 Å². The van der Waals surface area contributed by atoms with E-state index in [-0.39, 0.29) is 19.0 Å². The van der Waals surface area contributed by atoms with Gasteiger partial charge in [-0.25, -0.2) is 17.2 Å². The molecule has 3 aliphatic rings. The van der Waals surface area contributed by atoms with E-state index < -0.39 is 28.3 Å². The van der Waals surface area contributed by atoms with E-state index in [1.54, 1.807) is 40.9 Å². The Bertz CT molecular complexity index is 1590. The molecule has 3 fully saturated rings. The number of hydrogen-bond acceptors (Lipinski definition) is 7. The maximum atomic E-state index is 13.6. The summed E-state index contributed by atoms with van der Waals surface area (Å²) in [4.78, 5) is 17.4. The maximum absolute atomic E-state index is 13.6. The largest absolute Gasteiger partial charge is 0.395 e. The van der Waals surface area contributed by atoms with E-state index in [9.17, 15) is 22.0 Å². The number of carbonyl (C=O) groups excluding carboxylic acids is 1. The number of aromatic nitrogens is 2. The van der Waals surface area contributed by atoms with Crippen molar-refractivity contribution in [1.29, 1.82) is 0 Å². The van der Waals surface area contributed by atoms with Crippen LogP contribution in [0.2, 0.25) is 0 Å². The molecule has 1 aromatic heterocycles. The fraction of sp³-hybridized carbons (Fsp3) is 0.500. The number of sulfonamides is 1. The highest BCUT2D eigenvalue weighted by Crippen LogP contribution is 2.54. The number of halogens is 2. The SMILES string of the molecule is Cn1nc(CN2CC(F)(F)C2)c2cc(NC(=O)c3ccc(NS(=O)(=O)CCO)cc3N3CCC4(CC3)CC4)ccc21. The number of fused-ring (bicyclic) bond motifs is 1. The Kier molecular flexibility index (Phi) is 6.94. The Morgan fingerprint density at radius 3 is 2.41 bits per heavy atom. The lowest BCUT2D eigenvalue weighted by molar-refractivity contribution is -0.134. The quantitative estimate of drug-likeness (QED) is 0.351. The number of aliphatic hydroxyl groups excluding tert-OH is 1. The summed E-state index contributed by atoms with van der Waals surface area (Å²) >= 11 is 0. The second-order valence-electron chi connectivity index (χ2n) is 11.6. The number of hydrogen-bond donors (Lipinski definition) is 3. The first-order valence-corrected chi connectivity index (χ1v) is 15.5. The third-order valence-corrected chi connectivity index (χ3v) is 9.73. The number of amides is 1. The normalized spacial score (nSPS) is 19.8. The molecule has 0 bridgehead atoms. The minimum absolute atomic E-state index is 0.290. The lowest BCUT2D eigenvalue weighted by Crippen LogP contribution is -2.55. The Labute approximate surface area is 237 Å². The molecule has 1 saturated carbocycles. The first-order valence-electron chi connectivity index (χ1n) is 13.8. The molecule has 0 unspecified atom stereocenters. The van der Waals surface area contributed by atoms with Crippen molar-refractivity contribution in [3.8, 4) is 0 Å². The molecule has 0 radical (unpaired) electrons. The van der Waals surface area contributed by atoms with Crippen LogP contribution in [0.4, 0.5) is 25.8 Å². The van der Waals surface area contributed by atoms with Gasteiger partial charge in [0.15, 0.2) is 0 Å². The van der Waals surface area contributed by atoms with E-state index in [1.807, 2.05) is 12.1 Å². The smallest absolute Gasteiger partial charge is 0.272 e. The highest BCUT2D eigenvalue weighted by atomic mass is 32.2. The van der Waals surface area contributed by atoms with Crippen molar-refractivity contribution in [3.05, 3.63) is 47.7 Å². The Balaban J connectivity index is 1.26. The Hall–Kier alpha value is -3.29. The molecular formula is C28H34F2N6O4S. The summed E-state index contributed by atoms with van der Waals surface area (Å²) in [5, 5.41) is 17.4. The predicted octanol–water partition coefficient (Wildman–Crippen LogP) is 3.39. The summed E-state index contributed by atoms with van der Waals surface area (Å²) < 4.78 is 55.5. The van der Waals surface area contributed by atoms with Gasteiger partial charge in [0.1, 0.15) is 0 Å². The molecule has 13 heteroatoms. The van der Waals surface area contributed by atoms with Gasteiger partial charge in [-0.15, -0.1) is 0 Å². The standard InChI is InChI=1S/C28H34F2N6O4S/c1-34-24-5-3-19(14-22(24)23(32-34)16-35-17-28(29,30)18-35)31-26(38)21-4-2-20(33-41(39,40)13-12-37)15-25(21)36-10-8-27(6-7-27)9-11-36/h2-5,14-15,33,37H,6-13,16-18H2,1H3,(H,31,38). The van der Waals surface area contributed by atoms with Crippen molar-refractivity contribution < 1.29 is 27.1 Å². The molecule has 41 heavy (non-hydrogen) atoms. The molecule has 2 saturated heterocycles. The van der Waals surface area contributed by atoms with Crippen LogP contribution in [0.25, 0.3) is 10.9 Å². The molecule has 1 spiro atoms.